The molecule has 0 saturated carbocycles. The van der Waals surface area contributed by atoms with Gasteiger partial charge in [0.1, 0.15) is 17.2 Å². The molecule has 158 valence electrons. The fraction of sp³-hybridized carbons (Fsp3) is 0.417. The lowest BCUT2D eigenvalue weighted by Gasteiger charge is -2.40. The zero-order chi connectivity index (χ0) is 21.1. The molecular formula is C24H30FN5. The van der Waals surface area contributed by atoms with E-state index in [-0.39, 0.29) is 5.82 Å². The molecule has 5 rings (SSSR count). The van der Waals surface area contributed by atoms with Gasteiger partial charge in [-0.3, -0.25) is 0 Å². The monoisotopic (exact) mass is 407 g/mol. The van der Waals surface area contributed by atoms with Crippen molar-refractivity contribution in [2.24, 2.45) is 5.41 Å². The number of benzene rings is 1. The molecule has 6 heteroatoms. The van der Waals surface area contributed by atoms with Gasteiger partial charge in [0, 0.05) is 18.0 Å². The Bertz CT molecular complexity index is 1050. The third kappa shape index (κ3) is 3.72. The molecule has 1 aliphatic carbocycles. The maximum atomic E-state index is 13.5. The minimum Gasteiger partial charge on any atom is -0.382 e. The van der Waals surface area contributed by atoms with Crippen LogP contribution in [0.1, 0.15) is 51.6 Å². The van der Waals surface area contributed by atoms with Crippen molar-refractivity contribution in [1.29, 1.82) is 0 Å². The number of hydrogen-bond acceptors (Lipinski definition) is 4. The molecular weight excluding hydrogens is 377 g/mol. The molecule has 1 aliphatic heterocycles. The molecule has 0 atom stereocenters. The van der Waals surface area contributed by atoms with Crippen LogP contribution in [0.15, 0.2) is 42.7 Å². The maximum absolute atomic E-state index is 13.5. The van der Waals surface area contributed by atoms with E-state index in [9.17, 15) is 4.39 Å². The SMILES string of the molecule is CC.Nc1nccn2nc(C3=CCC4(CCNCC4)CC3)c(-c3ccc(F)cc3)c12. The molecule has 3 N–H and O–H groups in total. The Kier molecular flexibility index (Phi) is 5.86. The molecule has 0 amide bonds. The lowest BCUT2D eigenvalue weighted by molar-refractivity contribution is 0.184. The summed E-state index contributed by atoms with van der Waals surface area (Å²) in [6.45, 7) is 6.22. The standard InChI is InChI=1S/C22H24FN5.C2H6/c23-17-3-1-15(2-4-17)18-19(27-28-14-13-26-21(24)20(18)28)16-5-7-22(8-6-16)9-11-25-12-10-22;1-2/h1-5,13-14,25H,6-12H2,(H2,24,26);1-2H3. The fourth-order valence-electron chi connectivity index (χ4n) is 4.71. The van der Waals surface area contributed by atoms with Gasteiger partial charge in [0.05, 0.1) is 5.69 Å². The van der Waals surface area contributed by atoms with E-state index in [4.69, 9.17) is 10.8 Å². The van der Waals surface area contributed by atoms with Crippen molar-refractivity contribution in [2.75, 3.05) is 18.8 Å². The minimum atomic E-state index is -0.252. The number of rotatable bonds is 2. The summed E-state index contributed by atoms with van der Waals surface area (Å²) in [5.74, 6) is 0.185. The quantitative estimate of drug-likeness (QED) is 0.621. The number of piperidine rings is 1. The normalized spacial score (nSPS) is 18.0. The molecule has 2 aromatic heterocycles. The third-order valence-corrected chi connectivity index (χ3v) is 6.38. The first kappa shape index (κ1) is 20.5. The lowest BCUT2D eigenvalue weighted by atomic mass is 9.68. The Hall–Kier alpha value is -2.73. The van der Waals surface area contributed by atoms with E-state index in [1.807, 2.05) is 20.0 Å². The van der Waals surface area contributed by atoms with Crippen LogP contribution in [0, 0.1) is 11.2 Å². The van der Waals surface area contributed by atoms with Gasteiger partial charge in [-0.15, -0.1) is 0 Å². The highest BCUT2D eigenvalue weighted by Crippen LogP contribution is 2.46. The van der Waals surface area contributed by atoms with Crippen molar-refractivity contribution in [3.63, 3.8) is 0 Å². The molecule has 1 spiro atoms. The average molecular weight is 408 g/mol. The molecule has 0 unspecified atom stereocenters. The van der Waals surface area contributed by atoms with Crippen molar-refractivity contribution < 1.29 is 4.39 Å². The highest BCUT2D eigenvalue weighted by molar-refractivity contribution is 5.94. The van der Waals surface area contributed by atoms with Gasteiger partial charge in [-0.2, -0.15) is 5.10 Å². The van der Waals surface area contributed by atoms with Gasteiger partial charge in [-0.25, -0.2) is 13.9 Å². The lowest BCUT2D eigenvalue weighted by Crippen LogP contribution is -2.37. The van der Waals surface area contributed by atoms with E-state index >= 15 is 0 Å². The van der Waals surface area contributed by atoms with Crippen LogP contribution >= 0.6 is 0 Å². The number of anilines is 1. The van der Waals surface area contributed by atoms with Crippen molar-refractivity contribution in [2.45, 2.75) is 46.0 Å². The number of nitrogens with zero attached hydrogens (tertiary/aromatic N) is 3. The largest absolute Gasteiger partial charge is 0.382 e. The zero-order valence-electron chi connectivity index (χ0n) is 17.8. The van der Waals surface area contributed by atoms with Crippen LogP contribution < -0.4 is 11.1 Å². The summed E-state index contributed by atoms with van der Waals surface area (Å²) in [5.41, 5.74) is 11.5. The molecule has 3 aromatic rings. The number of nitrogens with two attached hydrogens (primary N) is 1. The summed E-state index contributed by atoms with van der Waals surface area (Å²) in [7, 11) is 0. The second kappa shape index (κ2) is 8.56. The molecule has 5 nitrogen and oxygen atoms in total. The topological polar surface area (TPSA) is 68.2 Å². The van der Waals surface area contributed by atoms with Crippen molar-refractivity contribution in [3.05, 3.63) is 54.2 Å². The van der Waals surface area contributed by atoms with Gasteiger partial charge < -0.3 is 11.1 Å². The number of aromatic nitrogens is 3. The number of nitrogens with one attached hydrogen (secondary N) is 1. The Morgan fingerprint density at radius 3 is 2.50 bits per heavy atom. The van der Waals surface area contributed by atoms with Crippen LogP contribution in [-0.2, 0) is 0 Å². The van der Waals surface area contributed by atoms with Gasteiger partial charge in [0.15, 0.2) is 0 Å². The Morgan fingerprint density at radius 2 is 1.83 bits per heavy atom. The van der Waals surface area contributed by atoms with Crippen LogP contribution in [0.2, 0.25) is 0 Å². The van der Waals surface area contributed by atoms with Crippen molar-refractivity contribution in [3.8, 4) is 11.1 Å². The molecule has 0 radical (unpaired) electrons. The number of halogens is 1. The third-order valence-electron chi connectivity index (χ3n) is 6.38. The molecule has 2 aliphatic rings. The summed E-state index contributed by atoms with van der Waals surface area (Å²) in [6, 6.07) is 6.54. The van der Waals surface area contributed by atoms with Gasteiger partial charge in [-0.05, 0) is 73.9 Å². The highest BCUT2D eigenvalue weighted by atomic mass is 19.1. The predicted octanol–water partition coefficient (Wildman–Crippen LogP) is 5.08. The van der Waals surface area contributed by atoms with E-state index in [1.54, 1.807) is 22.8 Å². The van der Waals surface area contributed by atoms with E-state index in [2.05, 4.69) is 16.4 Å². The zero-order valence-corrected chi connectivity index (χ0v) is 17.8. The molecule has 0 bridgehead atoms. The first-order chi connectivity index (χ1) is 14.7. The molecule has 1 saturated heterocycles. The summed E-state index contributed by atoms with van der Waals surface area (Å²) in [4.78, 5) is 4.25. The number of fused-ring (bicyclic) bond motifs is 1. The molecule has 30 heavy (non-hydrogen) atoms. The van der Waals surface area contributed by atoms with Gasteiger partial charge in [-0.1, -0.05) is 32.1 Å². The molecule has 3 heterocycles. The highest BCUT2D eigenvalue weighted by Gasteiger charge is 2.34. The summed E-state index contributed by atoms with van der Waals surface area (Å²) < 4.78 is 15.3. The summed E-state index contributed by atoms with van der Waals surface area (Å²) in [6.07, 6.45) is 11.6. The minimum absolute atomic E-state index is 0.252. The Labute approximate surface area is 177 Å². The molecule has 1 aromatic carbocycles. The first-order valence-corrected chi connectivity index (χ1v) is 10.9. The van der Waals surface area contributed by atoms with E-state index in [0.29, 0.717) is 11.2 Å². The summed E-state index contributed by atoms with van der Waals surface area (Å²) in [5, 5.41) is 8.32. The Morgan fingerprint density at radius 1 is 1.10 bits per heavy atom. The van der Waals surface area contributed by atoms with Crippen molar-refractivity contribution in [1.82, 2.24) is 19.9 Å². The van der Waals surface area contributed by atoms with E-state index in [1.165, 1.54) is 37.0 Å². The first-order valence-electron chi connectivity index (χ1n) is 10.9. The Balaban J connectivity index is 0.00000106. The van der Waals surface area contributed by atoms with Gasteiger partial charge in [0.25, 0.3) is 0 Å². The predicted molar refractivity (Wildman–Crippen MR) is 121 cm³/mol. The molecule has 1 fully saturated rings. The number of allylic oxidation sites excluding steroid dienone is 2. The van der Waals surface area contributed by atoms with Gasteiger partial charge >= 0.3 is 0 Å². The number of hydrogen-bond donors (Lipinski definition) is 2. The summed E-state index contributed by atoms with van der Waals surface area (Å²) >= 11 is 0. The maximum Gasteiger partial charge on any atom is 0.150 e. The fourth-order valence-corrected chi connectivity index (χ4v) is 4.71. The van der Waals surface area contributed by atoms with Crippen LogP contribution in [-0.4, -0.2) is 27.7 Å². The van der Waals surface area contributed by atoms with E-state index in [0.717, 1.165) is 48.3 Å². The van der Waals surface area contributed by atoms with Crippen molar-refractivity contribution >= 4 is 16.9 Å². The van der Waals surface area contributed by atoms with Crippen LogP contribution in [0.25, 0.3) is 22.2 Å². The van der Waals surface area contributed by atoms with Crippen LogP contribution in [0.3, 0.4) is 0 Å². The van der Waals surface area contributed by atoms with Gasteiger partial charge in [0.2, 0.25) is 0 Å². The average Bonchev–Trinajstić information content (AvgIpc) is 3.18. The smallest absolute Gasteiger partial charge is 0.150 e. The van der Waals surface area contributed by atoms with Crippen LogP contribution in [0.4, 0.5) is 10.2 Å². The second-order valence-corrected chi connectivity index (χ2v) is 8.02. The second-order valence-electron chi connectivity index (χ2n) is 8.02. The van der Waals surface area contributed by atoms with Crippen LogP contribution in [0.5, 0.6) is 0 Å². The number of nitrogen functional groups attached to an aromatic ring is 1. The van der Waals surface area contributed by atoms with E-state index < -0.39 is 0 Å².